The second-order valence-electron chi connectivity index (χ2n) is 3.27. The van der Waals surface area contributed by atoms with Crippen LogP contribution in [0.5, 0.6) is 0 Å². The molecule has 1 aromatic rings. The van der Waals surface area contributed by atoms with E-state index in [-0.39, 0.29) is 6.10 Å². The summed E-state index contributed by atoms with van der Waals surface area (Å²) in [6, 6.07) is 1.89. The molecule has 1 heterocycles. The van der Waals surface area contributed by atoms with E-state index in [1.807, 2.05) is 6.07 Å². The predicted octanol–water partition coefficient (Wildman–Crippen LogP) is 1.44. The minimum atomic E-state index is -0.156. The third-order valence-corrected chi connectivity index (χ3v) is 1.94. The van der Waals surface area contributed by atoms with Gasteiger partial charge in [0.1, 0.15) is 17.6 Å². The average Bonchev–Trinajstić information content (AvgIpc) is 2.56. The summed E-state index contributed by atoms with van der Waals surface area (Å²) in [4.78, 5) is 0. The molecule has 1 rings (SSSR count). The maximum absolute atomic E-state index is 5.49. The summed E-state index contributed by atoms with van der Waals surface area (Å²) in [5, 5.41) is 3.90. The molecule has 74 valence electrons. The number of nitrogens with zero attached hydrogens (tertiary/aromatic N) is 1. The maximum atomic E-state index is 5.49. The van der Waals surface area contributed by atoms with Crippen LogP contribution in [0, 0.1) is 0 Å². The second kappa shape index (κ2) is 4.39. The fraction of sp³-hybridized carbons (Fsp3) is 0.667. The molecule has 0 aliphatic heterocycles. The minimum Gasteiger partial charge on any atom is -0.374 e. The molecule has 0 bridgehead atoms. The highest BCUT2D eigenvalue weighted by molar-refractivity contribution is 5.11. The molecule has 13 heavy (non-hydrogen) atoms. The molecule has 0 aliphatic rings. The van der Waals surface area contributed by atoms with Crippen LogP contribution in [0.2, 0.25) is 0 Å². The maximum Gasteiger partial charge on any atom is 0.139 e. The van der Waals surface area contributed by atoms with Crippen molar-refractivity contribution >= 4 is 0 Å². The SMILES string of the molecule is COC(CN)c1cc(C(C)C)on1. The zero-order valence-electron chi connectivity index (χ0n) is 8.28. The summed E-state index contributed by atoms with van der Waals surface area (Å²) in [6.45, 7) is 4.52. The molecule has 0 fully saturated rings. The number of rotatable bonds is 4. The Morgan fingerprint density at radius 2 is 2.31 bits per heavy atom. The summed E-state index contributed by atoms with van der Waals surface area (Å²) in [5.41, 5.74) is 6.27. The van der Waals surface area contributed by atoms with Crippen molar-refractivity contribution in [3.05, 3.63) is 17.5 Å². The first-order chi connectivity index (χ1) is 6.19. The third-order valence-electron chi connectivity index (χ3n) is 1.94. The Labute approximate surface area is 78.0 Å². The molecule has 4 nitrogen and oxygen atoms in total. The van der Waals surface area contributed by atoms with Crippen LogP contribution >= 0.6 is 0 Å². The van der Waals surface area contributed by atoms with E-state index >= 15 is 0 Å². The van der Waals surface area contributed by atoms with Crippen molar-refractivity contribution < 1.29 is 9.26 Å². The van der Waals surface area contributed by atoms with Crippen LogP contribution < -0.4 is 5.73 Å². The van der Waals surface area contributed by atoms with Gasteiger partial charge < -0.3 is 15.0 Å². The van der Waals surface area contributed by atoms with E-state index in [0.717, 1.165) is 11.5 Å². The zero-order chi connectivity index (χ0) is 9.84. The first-order valence-corrected chi connectivity index (χ1v) is 4.38. The molecule has 4 heteroatoms. The number of ether oxygens (including phenoxy) is 1. The normalized spacial score (nSPS) is 13.6. The van der Waals surface area contributed by atoms with Crippen molar-refractivity contribution in [1.29, 1.82) is 0 Å². The van der Waals surface area contributed by atoms with Gasteiger partial charge in [0.05, 0.1) is 0 Å². The molecule has 0 radical (unpaired) electrons. The Bertz CT molecular complexity index is 254. The van der Waals surface area contributed by atoms with E-state index in [1.54, 1.807) is 7.11 Å². The molecule has 2 N–H and O–H groups in total. The quantitative estimate of drug-likeness (QED) is 0.769. The lowest BCUT2D eigenvalue weighted by Gasteiger charge is -2.07. The van der Waals surface area contributed by atoms with Crippen LogP contribution in [-0.2, 0) is 4.74 Å². The molecule has 0 aliphatic carbocycles. The van der Waals surface area contributed by atoms with Crippen molar-refractivity contribution in [3.63, 3.8) is 0 Å². The van der Waals surface area contributed by atoms with Gasteiger partial charge in [0.15, 0.2) is 0 Å². The molecule has 0 spiro atoms. The Kier molecular flexibility index (Phi) is 3.45. The van der Waals surface area contributed by atoms with Gasteiger partial charge in [0, 0.05) is 25.6 Å². The highest BCUT2D eigenvalue weighted by atomic mass is 16.5. The third kappa shape index (κ3) is 2.29. The largest absolute Gasteiger partial charge is 0.374 e. The van der Waals surface area contributed by atoms with Crippen molar-refractivity contribution in [3.8, 4) is 0 Å². The molecular formula is C9H16N2O2. The van der Waals surface area contributed by atoms with Gasteiger partial charge in [0.2, 0.25) is 0 Å². The molecule has 1 unspecified atom stereocenters. The van der Waals surface area contributed by atoms with Gasteiger partial charge in [-0.25, -0.2) is 0 Å². The minimum absolute atomic E-state index is 0.156. The fourth-order valence-electron chi connectivity index (χ4n) is 1.07. The highest BCUT2D eigenvalue weighted by Gasteiger charge is 2.15. The van der Waals surface area contributed by atoms with Gasteiger partial charge in [-0.1, -0.05) is 19.0 Å². The summed E-state index contributed by atoms with van der Waals surface area (Å²) < 4.78 is 10.3. The number of hydrogen-bond donors (Lipinski definition) is 1. The van der Waals surface area contributed by atoms with Gasteiger partial charge in [-0.3, -0.25) is 0 Å². The Balaban J connectivity index is 2.78. The first kappa shape index (κ1) is 10.2. The van der Waals surface area contributed by atoms with Crippen molar-refractivity contribution in [2.45, 2.75) is 25.9 Å². The number of methoxy groups -OCH3 is 1. The lowest BCUT2D eigenvalue weighted by atomic mass is 10.1. The van der Waals surface area contributed by atoms with E-state index < -0.39 is 0 Å². The number of hydrogen-bond acceptors (Lipinski definition) is 4. The molecule has 0 aromatic carbocycles. The van der Waals surface area contributed by atoms with E-state index in [1.165, 1.54) is 0 Å². The molecule has 0 saturated heterocycles. The summed E-state index contributed by atoms with van der Waals surface area (Å²) in [5.74, 6) is 1.21. The van der Waals surface area contributed by atoms with Gasteiger partial charge in [-0.15, -0.1) is 0 Å². The topological polar surface area (TPSA) is 61.3 Å². The molecule has 1 aromatic heterocycles. The van der Waals surface area contributed by atoms with Crippen LogP contribution in [0.25, 0.3) is 0 Å². The highest BCUT2D eigenvalue weighted by Crippen LogP contribution is 2.20. The molecular weight excluding hydrogens is 168 g/mol. The van der Waals surface area contributed by atoms with Gasteiger partial charge in [-0.2, -0.15) is 0 Å². The van der Waals surface area contributed by atoms with Gasteiger partial charge in [0.25, 0.3) is 0 Å². The average molecular weight is 184 g/mol. The standard InChI is InChI=1S/C9H16N2O2/c1-6(2)8-4-7(11-13-8)9(5-10)12-3/h4,6,9H,5,10H2,1-3H3. The fourth-order valence-corrected chi connectivity index (χ4v) is 1.07. The van der Waals surface area contributed by atoms with E-state index in [2.05, 4.69) is 19.0 Å². The second-order valence-corrected chi connectivity index (χ2v) is 3.27. The Morgan fingerprint density at radius 1 is 1.62 bits per heavy atom. The Hall–Kier alpha value is -0.870. The van der Waals surface area contributed by atoms with E-state index in [0.29, 0.717) is 12.5 Å². The lowest BCUT2D eigenvalue weighted by molar-refractivity contribution is 0.103. The molecule has 1 atom stereocenters. The van der Waals surface area contributed by atoms with Crippen LogP contribution in [0.15, 0.2) is 10.6 Å². The number of aromatic nitrogens is 1. The monoisotopic (exact) mass is 184 g/mol. The summed E-state index contributed by atoms with van der Waals surface area (Å²) in [7, 11) is 1.61. The van der Waals surface area contributed by atoms with Crippen LogP contribution in [-0.4, -0.2) is 18.8 Å². The van der Waals surface area contributed by atoms with Gasteiger partial charge in [-0.05, 0) is 0 Å². The summed E-state index contributed by atoms with van der Waals surface area (Å²) >= 11 is 0. The zero-order valence-corrected chi connectivity index (χ0v) is 8.28. The predicted molar refractivity (Wildman–Crippen MR) is 49.4 cm³/mol. The Morgan fingerprint density at radius 3 is 2.69 bits per heavy atom. The van der Waals surface area contributed by atoms with Crippen LogP contribution in [0.4, 0.5) is 0 Å². The van der Waals surface area contributed by atoms with E-state index in [4.69, 9.17) is 15.0 Å². The van der Waals surface area contributed by atoms with Crippen molar-refractivity contribution in [1.82, 2.24) is 5.16 Å². The lowest BCUT2D eigenvalue weighted by Crippen LogP contribution is -2.14. The van der Waals surface area contributed by atoms with Crippen molar-refractivity contribution in [2.75, 3.05) is 13.7 Å². The van der Waals surface area contributed by atoms with Crippen molar-refractivity contribution in [2.24, 2.45) is 5.73 Å². The smallest absolute Gasteiger partial charge is 0.139 e. The summed E-state index contributed by atoms with van der Waals surface area (Å²) in [6.07, 6.45) is -0.156. The van der Waals surface area contributed by atoms with Crippen LogP contribution in [0.3, 0.4) is 0 Å². The molecule has 0 saturated carbocycles. The first-order valence-electron chi connectivity index (χ1n) is 4.38. The van der Waals surface area contributed by atoms with Crippen LogP contribution in [0.1, 0.15) is 37.3 Å². The molecule has 0 amide bonds. The van der Waals surface area contributed by atoms with E-state index in [9.17, 15) is 0 Å². The number of nitrogens with two attached hydrogens (primary N) is 1. The van der Waals surface area contributed by atoms with Gasteiger partial charge >= 0.3 is 0 Å².